The number of thioether (sulfide) groups is 1. The van der Waals surface area contributed by atoms with Gasteiger partial charge in [0.15, 0.2) is 22.3 Å². The molecule has 0 radical (unpaired) electrons. The fraction of sp³-hybridized carbons (Fsp3) is 0.368. The number of aromatic nitrogens is 3. The molecule has 30 heavy (non-hydrogen) atoms. The lowest BCUT2D eigenvalue weighted by molar-refractivity contribution is -0.113. The highest BCUT2D eigenvalue weighted by Crippen LogP contribution is 2.34. The third kappa shape index (κ3) is 4.58. The number of fused-ring (bicyclic) bond motifs is 1. The van der Waals surface area contributed by atoms with Crippen LogP contribution in [-0.2, 0) is 9.53 Å². The predicted molar refractivity (Wildman–Crippen MR) is 117 cm³/mol. The van der Waals surface area contributed by atoms with E-state index >= 15 is 0 Å². The van der Waals surface area contributed by atoms with Crippen LogP contribution < -0.4 is 19.7 Å². The Morgan fingerprint density at radius 2 is 2.03 bits per heavy atom. The van der Waals surface area contributed by atoms with E-state index < -0.39 is 0 Å². The van der Waals surface area contributed by atoms with Crippen LogP contribution in [0.1, 0.15) is 0 Å². The van der Waals surface area contributed by atoms with Gasteiger partial charge in [0, 0.05) is 24.8 Å². The lowest BCUT2D eigenvalue weighted by Gasteiger charge is -2.25. The Kier molecular flexibility index (Phi) is 6.50. The lowest BCUT2D eigenvalue weighted by Crippen LogP contribution is -2.36. The molecule has 0 bridgehead atoms. The molecule has 11 heteroatoms. The van der Waals surface area contributed by atoms with Gasteiger partial charge in [-0.1, -0.05) is 23.1 Å². The highest BCUT2D eigenvalue weighted by molar-refractivity contribution is 8.00. The molecule has 1 N–H and O–H groups in total. The molecule has 0 atom stereocenters. The van der Waals surface area contributed by atoms with Crippen LogP contribution in [0.3, 0.4) is 0 Å². The number of morpholine rings is 1. The van der Waals surface area contributed by atoms with Crippen LogP contribution in [0.2, 0.25) is 0 Å². The van der Waals surface area contributed by atoms with Crippen LogP contribution in [0.4, 0.5) is 10.8 Å². The van der Waals surface area contributed by atoms with Gasteiger partial charge in [0.05, 0.1) is 33.2 Å². The van der Waals surface area contributed by atoms with Gasteiger partial charge >= 0.3 is 0 Å². The first-order chi connectivity index (χ1) is 14.7. The molecule has 0 unspecified atom stereocenters. The summed E-state index contributed by atoms with van der Waals surface area (Å²) < 4.78 is 16.8. The summed E-state index contributed by atoms with van der Waals surface area (Å²) in [5.41, 5.74) is 1.29. The van der Waals surface area contributed by atoms with E-state index in [1.807, 2.05) is 0 Å². The van der Waals surface area contributed by atoms with E-state index in [1.165, 1.54) is 18.1 Å². The van der Waals surface area contributed by atoms with E-state index in [4.69, 9.17) is 14.2 Å². The lowest BCUT2D eigenvalue weighted by atomic mass is 10.2. The second-order valence-electron chi connectivity index (χ2n) is 6.33. The Labute approximate surface area is 181 Å². The van der Waals surface area contributed by atoms with E-state index in [0.29, 0.717) is 36.0 Å². The van der Waals surface area contributed by atoms with Crippen molar-refractivity contribution in [2.75, 3.05) is 56.5 Å². The van der Waals surface area contributed by atoms with Crippen LogP contribution in [-0.4, -0.2) is 67.1 Å². The first kappa shape index (κ1) is 20.6. The summed E-state index contributed by atoms with van der Waals surface area (Å²) in [4.78, 5) is 27.9. The summed E-state index contributed by atoms with van der Waals surface area (Å²) in [5.74, 6) is 1.23. The average Bonchev–Trinajstić information content (AvgIpc) is 3.23. The molecule has 1 aliphatic heterocycles. The summed E-state index contributed by atoms with van der Waals surface area (Å²) >= 11 is 2.91. The molecule has 1 aliphatic rings. The van der Waals surface area contributed by atoms with Crippen LogP contribution in [0, 0.1) is 0 Å². The van der Waals surface area contributed by atoms with Crippen molar-refractivity contribution < 1.29 is 19.0 Å². The summed E-state index contributed by atoms with van der Waals surface area (Å²) in [6.07, 6.45) is 1.49. The number of ether oxygens (including phenoxy) is 3. The molecule has 0 saturated carbocycles. The first-order valence-corrected chi connectivity index (χ1v) is 11.1. The van der Waals surface area contributed by atoms with Gasteiger partial charge in [0.2, 0.25) is 5.91 Å². The molecule has 1 fully saturated rings. The van der Waals surface area contributed by atoms with Gasteiger partial charge in [-0.2, -0.15) is 4.98 Å². The minimum atomic E-state index is -0.142. The number of methoxy groups -OCH3 is 2. The van der Waals surface area contributed by atoms with Gasteiger partial charge in [0.1, 0.15) is 16.1 Å². The quantitative estimate of drug-likeness (QED) is 0.433. The van der Waals surface area contributed by atoms with Crippen LogP contribution in [0.5, 0.6) is 11.5 Å². The van der Waals surface area contributed by atoms with Gasteiger partial charge < -0.3 is 24.4 Å². The topological polar surface area (TPSA) is 98.7 Å². The number of nitrogens with one attached hydrogen (secondary N) is 1. The van der Waals surface area contributed by atoms with Gasteiger partial charge in [0.25, 0.3) is 0 Å². The summed E-state index contributed by atoms with van der Waals surface area (Å²) in [5, 5.41) is 4.53. The summed E-state index contributed by atoms with van der Waals surface area (Å²) in [7, 11) is 3.12. The number of anilines is 2. The smallest absolute Gasteiger partial charge is 0.234 e. The zero-order chi connectivity index (χ0) is 20.9. The first-order valence-electron chi connectivity index (χ1n) is 9.27. The molecular weight excluding hydrogens is 426 g/mol. The van der Waals surface area contributed by atoms with E-state index in [1.54, 1.807) is 43.8 Å². The fourth-order valence-corrected chi connectivity index (χ4v) is 4.90. The minimum absolute atomic E-state index is 0.142. The maximum atomic E-state index is 12.4. The van der Waals surface area contributed by atoms with E-state index in [2.05, 4.69) is 25.2 Å². The van der Waals surface area contributed by atoms with Gasteiger partial charge in [-0.15, -0.1) is 0 Å². The average molecular weight is 448 g/mol. The normalized spacial score (nSPS) is 14.0. The molecule has 1 saturated heterocycles. The zero-order valence-corrected chi connectivity index (χ0v) is 18.2. The molecule has 4 rings (SSSR count). The van der Waals surface area contributed by atoms with Crippen molar-refractivity contribution >= 4 is 50.2 Å². The number of thiazole rings is 1. The minimum Gasteiger partial charge on any atom is -0.493 e. The highest BCUT2D eigenvalue weighted by atomic mass is 32.2. The third-order valence-corrected chi connectivity index (χ3v) is 6.67. The molecule has 3 heterocycles. The number of amides is 1. The maximum absolute atomic E-state index is 12.4. The molecule has 0 spiro atoms. The van der Waals surface area contributed by atoms with E-state index in [-0.39, 0.29) is 11.7 Å². The number of carbonyl (C=O) groups is 1. The Morgan fingerprint density at radius 1 is 1.23 bits per heavy atom. The Morgan fingerprint density at radius 3 is 2.80 bits per heavy atom. The maximum Gasteiger partial charge on any atom is 0.234 e. The van der Waals surface area contributed by atoms with Crippen molar-refractivity contribution in [3.63, 3.8) is 0 Å². The van der Waals surface area contributed by atoms with Crippen LogP contribution >= 0.6 is 23.1 Å². The van der Waals surface area contributed by atoms with Crippen molar-refractivity contribution in [2.24, 2.45) is 0 Å². The Balaban J connectivity index is 1.43. The molecule has 1 amide bonds. The van der Waals surface area contributed by atoms with Crippen molar-refractivity contribution in [2.45, 2.75) is 5.03 Å². The zero-order valence-electron chi connectivity index (χ0n) is 16.6. The number of carbonyl (C=O) groups excluding carboxylic acids is 1. The number of nitrogens with zero attached hydrogens (tertiary/aromatic N) is 4. The van der Waals surface area contributed by atoms with E-state index in [0.717, 1.165) is 27.9 Å². The SMILES string of the molecule is COc1ccc(NC(=O)CSc2ncnc3nc(N4CCOCC4)sc23)cc1OC. The number of hydrogen-bond donors (Lipinski definition) is 1. The summed E-state index contributed by atoms with van der Waals surface area (Å²) in [6.45, 7) is 3.01. The summed E-state index contributed by atoms with van der Waals surface area (Å²) in [6, 6.07) is 5.24. The third-order valence-electron chi connectivity index (χ3n) is 4.44. The molecule has 9 nitrogen and oxygen atoms in total. The van der Waals surface area contributed by atoms with Crippen LogP contribution in [0.25, 0.3) is 10.3 Å². The number of rotatable bonds is 7. The monoisotopic (exact) mass is 447 g/mol. The van der Waals surface area contributed by atoms with Gasteiger partial charge in [-0.25, -0.2) is 9.97 Å². The van der Waals surface area contributed by atoms with Crippen molar-refractivity contribution in [3.05, 3.63) is 24.5 Å². The van der Waals surface area contributed by atoms with Crippen molar-refractivity contribution in [1.29, 1.82) is 0 Å². The van der Waals surface area contributed by atoms with Crippen LogP contribution in [0.15, 0.2) is 29.6 Å². The second kappa shape index (κ2) is 9.45. The van der Waals surface area contributed by atoms with Gasteiger partial charge in [-0.05, 0) is 12.1 Å². The second-order valence-corrected chi connectivity index (χ2v) is 8.28. The highest BCUT2D eigenvalue weighted by Gasteiger charge is 2.18. The molecule has 3 aromatic rings. The Hall–Kier alpha value is -2.63. The van der Waals surface area contributed by atoms with E-state index in [9.17, 15) is 4.79 Å². The molecule has 1 aromatic carbocycles. The number of hydrogen-bond acceptors (Lipinski definition) is 10. The predicted octanol–water partition coefficient (Wildman–Crippen LogP) is 2.67. The van der Waals surface area contributed by atoms with Crippen molar-refractivity contribution in [3.8, 4) is 11.5 Å². The fourth-order valence-electron chi connectivity index (χ4n) is 2.96. The Bertz CT molecular complexity index is 1040. The largest absolute Gasteiger partial charge is 0.493 e. The molecule has 158 valence electrons. The number of benzene rings is 1. The molecular formula is C19H21N5O4S2. The van der Waals surface area contributed by atoms with Gasteiger partial charge in [-0.3, -0.25) is 4.79 Å². The standard InChI is InChI=1S/C19H21N5O4S2/c1-26-13-4-3-12(9-14(13)27-2)22-15(25)10-29-18-16-17(20-11-21-18)23-19(30-16)24-5-7-28-8-6-24/h3-4,9,11H,5-8,10H2,1-2H3,(H,22,25). The van der Waals surface area contributed by atoms with Crippen molar-refractivity contribution in [1.82, 2.24) is 15.0 Å². The molecule has 0 aliphatic carbocycles. The molecule has 2 aromatic heterocycles.